The third-order valence-electron chi connectivity index (χ3n) is 3.88. The van der Waals surface area contributed by atoms with Gasteiger partial charge in [-0.2, -0.15) is 0 Å². The van der Waals surface area contributed by atoms with Crippen molar-refractivity contribution in [2.45, 2.75) is 32.8 Å². The summed E-state index contributed by atoms with van der Waals surface area (Å²) in [5.74, 6) is 0.0245. The maximum Gasteiger partial charge on any atom is 0.328 e. The van der Waals surface area contributed by atoms with Crippen LogP contribution in [0.3, 0.4) is 0 Å². The number of rotatable bonds is 6. The number of hydrogen-bond acceptors (Lipinski definition) is 3. The minimum atomic E-state index is -1.02. The lowest BCUT2D eigenvalue weighted by molar-refractivity contribution is -0.131. The van der Waals surface area contributed by atoms with Crippen LogP contribution in [-0.4, -0.2) is 18.2 Å². The molecule has 0 amide bonds. The molecule has 5 heteroatoms. The highest BCUT2D eigenvalue weighted by Crippen LogP contribution is 2.36. The van der Waals surface area contributed by atoms with Gasteiger partial charge in [0.1, 0.15) is 6.61 Å². The smallest absolute Gasteiger partial charge is 0.328 e. The van der Waals surface area contributed by atoms with E-state index >= 15 is 0 Å². The number of methoxy groups -OCH3 is 1. The topological polar surface area (TPSA) is 55.8 Å². The Hall–Kier alpha value is -2.27. The molecule has 0 bridgehead atoms. The van der Waals surface area contributed by atoms with Crippen molar-refractivity contribution < 1.29 is 19.4 Å². The van der Waals surface area contributed by atoms with Crippen molar-refractivity contribution in [2.75, 3.05) is 7.11 Å². The van der Waals surface area contributed by atoms with Crippen LogP contribution in [0.4, 0.5) is 0 Å². The summed E-state index contributed by atoms with van der Waals surface area (Å²) in [5.41, 5.74) is 3.01. The molecule has 0 aliphatic carbocycles. The lowest BCUT2D eigenvalue weighted by atomic mass is 9.87. The number of aliphatic carboxylic acids is 1. The fraction of sp³-hybridized carbons (Fsp3) is 0.286. The molecule has 0 unspecified atom stereocenters. The van der Waals surface area contributed by atoms with Crippen molar-refractivity contribution in [3.8, 4) is 11.5 Å². The zero-order chi connectivity index (χ0) is 19.3. The molecule has 2 rings (SSSR count). The second kappa shape index (κ2) is 8.41. The van der Waals surface area contributed by atoms with E-state index in [9.17, 15) is 4.79 Å². The number of carboxylic acid groups (broad SMARTS) is 1. The van der Waals surface area contributed by atoms with Crippen molar-refractivity contribution in [3.05, 3.63) is 63.6 Å². The van der Waals surface area contributed by atoms with Gasteiger partial charge in [0.15, 0.2) is 11.5 Å². The predicted molar refractivity (Wildman–Crippen MR) is 107 cm³/mol. The summed E-state index contributed by atoms with van der Waals surface area (Å²) >= 11 is 3.40. The number of ether oxygens (including phenoxy) is 2. The molecule has 0 heterocycles. The van der Waals surface area contributed by atoms with Gasteiger partial charge in [-0.3, -0.25) is 0 Å². The van der Waals surface area contributed by atoms with Crippen molar-refractivity contribution >= 4 is 28.0 Å². The summed E-state index contributed by atoms with van der Waals surface area (Å²) in [5, 5.41) is 8.89. The van der Waals surface area contributed by atoms with Crippen molar-refractivity contribution in [1.82, 2.24) is 0 Å². The van der Waals surface area contributed by atoms with Crippen LogP contribution in [0, 0.1) is 0 Å². The first kappa shape index (κ1) is 20.0. The Balaban J connectivity index is 2.26. The molecule has 0 atom stereocenters. The highest BCUT2D eigenvalue weighted by molar-refractivity contribution is 9.10. The van der Waals surface area contributed by atoms with E-state index in [0.717, 1.165) is 16.1 Å². The normalized spacial score (nSPS) is 11.6. The first-order chi connectivity index (χ1) is 12.2. The standard InChI is InChI=1S/C21H23BrO4/c1-21(2,3)16-8-5-14(6-9-16)13-26-20-15(7-10-19(23)24)11-17(22)12-18(20)25-4/h5-12H,13H2,1-4H3,(H,23,24)/b10-7+. The summed E-state index contributed by atoms with van der Waals surface area (Å²) in [7, 11) is 1.55. The van der Waals surface area contributed by atoms with E-state index in [1.54, 1.807) is 19.2 Å². The average molecular weight is 419 g/mol. The quantitative estimate of drug-likeness (QED) is 0.635. The second-order valence-electron chi connectivity index (χ2n) is 6.93. The molecule has 2 aromatic carbocycles. The van der Waals surface area contributed by atoms with Gasteiger partial charge in [-0.05, 0) is 34.8 Å². The van der Waals surface area contributed by atoms with Crippen LogP contribution in [0.25, 0.3) is 6.08 Å². The fourth-order valence-corrected chi connectivity index (χ4v) is 2.89. The minimum Gasteiger partial charge on any atom is -0.493 e. The third kappa shape index (κ3) is 5.36. The molecule has 2 aromatic rings. The zero-order valence-electron chi connectivity index (χ0n) is 15.4. The summed E-state index contributed by atoms with van der Waals surface area (Å²) in [6, 6.07) is 11.9. The molecule has 1 N–H and O–H groups in total. The summed E-state index contributed by atoms with van der Waals surface area (Å²) < 4.78 is 12.1. The minimum absolute atomic E-state index is 0.100. The van der Waals surface area contributed by atoms with E-state index in [2.05, 4.69) is 48.8 Å². The van der Waals surface area contributed by atoms with Crippen LogP contribution < -0.4 is 9.47 Å². The van der Waals surface area contributed by atoms with E-state index in [0.29, 0.717) is 23.7 Å². The van der Waals surface area contributed by atoms with Crippen LogP contribution in [0.5, 0.6) is 11.5 Å². The molecule has 0 aliphatic rings. The molecule has 138 valence electrons. The molecule has 0 aromatic heterocycles. The van der Waals surface area contributed by atoms with Crippen molar-refractivity contribution in [1.29, 1.82) is 0 Å². The Morgan fingerprint density at radius 1 is 1.19 bits per heavy atom. The van der Waals surface area contributed by atoms with E-state index < -0.39 is 5.97 Å². The lowest BCUT2D eigenvalue weighted by Gasteiger charge is -2.19. The Labute approximate surface area is 162 Å². The van der Waals surface area contributed by atoms with Crippen LogP contribution in [0.2, 0.25) is 0 Å². The Morgan fingerprint density at radius 2 is 1.85 bits per heavy atom. The Bertz CT molecular complexity index is 802. The maximum atomic E-state index is 10.8. The van der Waals surface area contributed by atoms with E-state index in [1.165, 1.54) is 11.6 Å². The largest absolute Gasteiger partial charge is 0.493 e. The molecular formula is C21H23BrO4. The van der Waals surface area contributed by atoms with Gasteiger partial charge >= 0.3 is 5.97 Å². The molecular weight excluding hydrogens is 396 g/mol. The summed E-state index contributed by atoms with van der Waals surface area (Å²) in [6.07, 6.45) is 2.57. The lowest BCUT2D eigenvalue weighted by Crippen LogP contribution is -2.10. The predicted octanol–water partition coefficient (Wildman–Crippen LogP) is 5.43. The van der Waals surface area contributed by atoms with E-state index in [4.69, 9.17) is 14.6 Å². The maximum absolute atomic E-state index is 10.8. The van der Waals surface area contributed by atoms with Gasteiger partial charge in [0, 0.05) is 16.1 Å². The third-order valence-corrected chi connectivity index (χ3v) is 4.33. The van der Waals surface area contributed by atoms with Gasteiger partial charge in [0.2, 0.25) is 0 Å². The molecule has 0 saturated heterocycles. The van der Waals surface area contributed by atoms with Gasteiger partial charge in [-0.25, -0.2) is 4.79 Å². The van der Waals surface area contributed by atoms with E-state index in [-0.39, 0.29) is 5.41 Å². The second-order valence-corrected chi connectivity index (χ2v) is 7.85. The SMILES string of the molecule is COc1cc(Br)cc(/C=C/C(=O)O)c1OCc1ccc(C(C)(C)C)cc1. The number of hydrogen-bond donors (Lipinski definition) is 1. The summed E-state index contributed by atoms with van der Waals surface area (Å²) in [6.45, 7) is 6.88. The molecule has 26 heavy (non-hydrogen) atoms. The highest BCUT2D eigenvalue weighted by atomic mass is 79.9. The number of carbonyl (C=O) groups is 1. The Kier molecular flexibility index (Phi) is 6.48. The van der Waals surface area contributed by atoms with Crippen molar-refractivity contribution in [3.63, 3.8) is 0 Å². The van der Waals surface area contributed by atoms with Gasteiger partial charge in [0.05, 0.1) is 7.11 Å². The molecule has 0 fully saturated rings. The van der Waals surface area contributed by atoms with Crippen LogP contribution in [-0.2, 0) is 16.8 Å². The number of halogens is 1. The number of benzene rings is 2. The van der Waals surface area contributed by atoms with E-state index in [1.807, 2.05) is 12.1 Å². The van der Waals surface area contributed by atoms with Gasteiger partial charge in [0.25, 0.3) is 0 Å². The van der Waals surface area contributed by atoms with Gasteiger partial charge < -0.3 is 14.6 Å². The van der Waals surface area contributed by atoms with Crippen molar-refractivity contribution in [2.24, 2.45) is 0 Å². The number of carboxylic acids is 1. The summed E-state index contributed by atoms with van der Waals surface area (Å²) in [4.78, 5) is 10.8. The van der Waals surface area contributed by atoms with Gasteiger partial charge in [-0.1, -0.05) is 61.0 Å². The molecule has 0 radical (unpaired) electrons. The molecule has 4 nitrogen and oxygen atoms in total. The average Bonchev–Trinajstić information content (AvgIpc) is 2.57. The zero-order valence-corrected chi connectivity index (χ0v) is 17.0. The van der Waals surface area contributed by atoms with Gasteiger partial charge in [-0.15, -0.1) is 0 Å². The highest BCUT2D eigenvalue weighted by Gasteiger charge is 2.14. The molecule has 0 spiro atoms. The molecule has 0 saturated carbocycles. The Morgan fingerprint density at radius 3 is 2.38 bits per heavy atom. The van der Waals surface area contributed by atoms with Crippen LogP contribution in [0.15, 0.2) is 46.9 Å². The fourth-order valence-electron chi connectivity index (χ4n) is 2.44. The monoisotopic (exact) mass is 418 g/mol. The van der Waals surface area contributed by atoms with Crippen LogP contribution >= 0.6 is 15.9 Å². The van der Waals surface area contributed by atoms with Crippen LogP contribution in [0.1, 0.15) is 37.5 Å². The molecule has 0 aliphatic heterocycles. The first-order valence-corrected chi connectivity index (χ1v) is 9.01. The first-order valence-electron chi connectivity index (χ1n) is 8.21.